The van der Waals surface area contributed by atoms with Crippen molar-refractivity contribution in [3.05, 3.63) is 59.0 Å². The van der Waals surface area contributed by atoms with E-state index in [1.165, 1.54) is 12.1 Å². The SMILES string of the molecule is O=C(NCCS(=O)(=O)Cc1ccccc1)c1ccc(Cl)o1. The fourth-order valence-electron chi connectivity index (χ4n) is 1.74. The summed E-state index contributed by atoms with van der Waals surface area (Å²) in [6.45, 7) is 0.0202. The largest absolute Gasteiger partial charge is 0.440 e. The topological polar surface area (TPSA) is 76.4 Å². The van der Waals surface area contributed by atoms with E-state index in [1.807, 2.05) is 6.07 Å². The predicted octanol–water partition coefficient (Wildman–Crippen LogP) is 2.28. The van der Waals surface area contributed by atoms with Crippen LogP contribution >= 0.6 is 11.6 Å². The van der Waals surface area contributed by atoms with E-state index in [1.54, 1.807) is 24.3 Å². The lowest BCUT2D eigenvalue weighted by atomic mass is 10.2. The van der Waals surface area contributed by atoms with Gasteiger partial charge in [0.25, 0.3) is 5.91 Å². The Balaban J connectivity index is 1.83. The van der Waals surface area contributed by atoms with E-state index in [4.69, 9.17) is 16.0 Å². The number of carbonyl (C=O) groups excluding carboxylic acids is 1. The Morgan fingerprint density at radius 1 is 1.14 bits per heavy atom. The Morgan fingerprint density at radius 2 is 1.86 bits per heavy atom. The molecule has 0 spiro atoms. The van der Waals surface area contributed by atoms with Gasteiger partial charge in [0.2, 0.25) is 0 Å². The molecular weight excluding hydrogens is 314 g/mol. The molecule has 7 heteroatoms. The molecule has 1 amide bonds. The van der Waals surface area contributed by atoms with Crippen LogP contribution in [0.5, 0.6) is 0 Å². The van der Waals surface area contributed by atoms with Gasteiger partial charge >= 0.3 is 0 Å². The van der Waals surface area contributed by atoms with Crippen molar-refractivity contribution in [2.24, 2.45) is 0 Å². The third kappa shape index (κ3) is 4.91. The van der Waals surface area contributed by atoms with Crippen molar-refractivity contribution >= 4 is 27.3 Å². The molecule has 0 aliphatic rings. The number of rotatable bonds is 6. The fraction of sp³-hybridized carbons (Fsp3) is 0.214. The molecule has 21 heavy (non-hydrogen) atoms. The van der Waals surface area contributed by atoms with Crippen LogP contribution in [0, 0.1) is 0 Å². The molecule has 0 unspecified atom stereocenters. The van der Waals surface area contributed by atoms with E-state index in [-0.39, 0.29) is 29.0 Å². The maximum Gasteiger partial charge on any atom is 0.287 e. The van der Waals surface area contributed by atoms with Gasteiger partial charge in [0.1, 0.15) is 0 Å². The first-order valence-electron chi connectivity index (χ1n) is 6.24. The average Bonchev–Trinajstić information content (AvgIpc) is 2.86. The van der Waals surface area contributed by atoms with Crippen LogP contribution in [0.4, 0.5) is 0 Å². The van der Waals surface area contributed by atoms with Gasteiger partial charge in [-0.25, -0.2) is 8.42 Å². The molecule has 0 saturated heterocycles. The van der Waals surface area contributed by atoms with Crippen molar-refractivity contribution in [3.8, 4) is 0 Å². The first-order chi connectivity index (χ1) is 9.96. The van der Waals surface area contributed by atoms with Gasteiger partial charge in [-0.3, -0.25) is 4.79 Å². The van der Waals surface area contributed by atoms with E-state index in [0.717, 1.165) is 5.56 Å². The molecule has 1 aromatic carbocycles. The van der Waals surface area contributed by atoms with Gasteiger partial charge in [-0.15, -0.1) is 0 Å². The van der Waals surface area contributed by atoms with Crippen LogP contribution in [0.3, 0.4) is 0 Å². The predicted molar refractivity (Wildman–Crippen MR) is 80.0 cm³/mol. The minimum absolute atomic E-state index is 0.0202. The zero-order chi connectivity index (χ0) is 15.3. The van der Waals surface area contributed by atoms with Crippen molar-refractivity contribution in [2.45, 2.75) is 5.75 Å². The summed E-state index contributed by atoms with van der Waals surface area (Å²) in [7, 11) is -3.28. The van der Waals surface area contributed by atoms with Crippen molar-refractivity contribution in [1.29, 1.82) is 0 Å². The molecule has 0 saturated carbocycles. The highest BCUT2D eigenvalue weighted by Gasteiger charge is 2.14. The van der Waals surface area contributed by atoms with Crippen molar-refractivity contribution < 1.29 is 17.6 Å². The normalized spacial score (nSPS) is 11.3. The van der Waals surface area contributed by atoms with Gasteiger partial charge in [-0.2, -0.15) is 0 Å². The molecule has 0 aliphatic heterocycles. The second kappa shape index (κ2) is 6.78. The number of sulfone groups is 1. The standard InChI is InChI=1S/C14H14ClNO4S/c15-13-7-6-12(20-13)14(17)16-8-9-21(18,19)10-11-4-2-1-3-5-11/h1-7H,8-10H2,(H,16,17). The summed E-state index contributed by atoms with van der Waals surface area (Å²) in [4.78, 5) is 11.6. The van der Waals surface area contributed by atoms with Gasteiger partial charge in [0.05, 0.1) is 11.5 Å². The van der Waals surface area contributed by atoms with Crippen molar-refractivity contribution in [3.63, 3.8) is 0 Å². The molecule has 1 N–H and O–H groups in total. The van der Waals surface area contributed by atoms with Crippen molar-refractivity contribution in [2.75, 3.05) is 12.3 Å². The number of halogens is 1. The summed E-state index contributed by atoms with van der Waals surface area (Å²) in [6.07, 6.45) is 0. The Morgan fingerprint density at radius 3 is 2.48 bits per heavy atom. The molecule has 1 aromatic heterocycles. The monoisotopic (exact) mass is 327 g/mol. The quantitative estimate of drug-likeness (QED) is 0.883. The third-order valence-corrected chi connectivity index (χ3v) is 4.53. The van der Waals surface area contributed by atoms with Crippen molar-refractivity contribution in [1.82, 2.24) is 5.32 Å². The summed E-state index contributed by atoms with van der Waals surface area (Å²) in [5.74, 6) is -0.615. The fourth-order valence-corrected chi connectivity index (χ4v) is 3.15. The molecular formula is C14H14ClNO4S. The Bertz CT molecular complexity index is 710. The molecule has 5 nitrogen and oxygen atoms in total. The van der Waals surface area contributed by atoms with E-state index in [0.29, 0.717) is 0 Å². The highest BCUT2D eigenvalue weighted by atomic mass is 35.5. The Labute approximate surface area is 127 Å². The number of furan rings is 1. The average molecular weight is 328 g/mol. The van der Waals surface area contributed by atoms with Crippen LogP contribution in [-0.4, -0.2) is 26.6 Å². The van der Waals surface area contributed by atoms with Gasteiger partial charge < -0.3 is 9.73 Å². The third-order valence-electron chi connectivity index (χ3n) is 2.73. The summed E-state index contributed by atoms with van der Waals surface area (Å²) in [6, 6.07) is 11.8. The zero-order valence-electron chi connectivity index (χ0n) is 11.1. The first-order valence-corrected chi connectivity index (χ1v) is 8.44. The molecule has 0 bridgehead atoms. The van der Waals surface area contributed by atoms with E-state index in [9.17, 15) is 13.2 Å². The minimum atomic E-state index is -3.28. The Hall–Kier alpha value is -1.79. The summed E-state index contributed by atoms with van der Waals surface area (Å²) in [5, 5.41) is 2.59. The van der Waals surface area contributed by atoms with E-state index < -0.39 is 15.7 Å². The van der Waals surface area contributed by atoms with E-state index >= 15 is 0 Å². The van der Waals surface area contributed by atoms with Gasteiger partial charge in [-0.1, -0.05) is 30.3 Å². The lowest BCUT2D eigenvalue weighted by molar-refractivity contribution is 0.0928. The number of nitrogens with one attached hydrogen (secondary N) is 1. The van der Waals surface area contributed by atoms with Gasteiger partial charge in [0.15, 0.2) is 20.8 Å². The number of benzene rings is 1. The van der Waals surface area contributed by atoms with Crippen LogP contribution in [-0.2, 0) is 15.6 Å². The molecule has 0 aliphatic carbocycles. The van der Waals surface area contributed by atoms with Gasteiger partial charge in [-0.05, 0) is 29.3 Å². The summed E-state index contributed by atoms with van der Waals surface area (Å²) >= 11 is 5.56. The molecule has 2 rings (SSSR count). The number of carbonyl (C=O) groups is 1. The molecule has 0 atom stereocenters. The zero-order valence-corrected chi connectivity index (χ0v) is 12.7. The highest BCUT2D eigenvalue weighted by molar-refractivity contribution is 7.90. The maximum absolute atomic E-state index is 11.9. The number of hydrogen-bond donors (Lipinski definition) is 1. The number of hydrogen-bond acceptors (Lipinski definition) is 4. The van der Waals surface area contributed by atoms with Crippen LogP contribution in [0.15, 0.2) is 46.9 Å². The smallest absolute Gasteiger partial charge is 0.287 e. The van der Waals surface area contributed by atoms with Crippen LogP contribution in [0.25, 0.3) is 0 Å². The summed E-state index contributed by atoms with van der Waals surface area (Å²) in [5.41, 5.74) is 0.724. The molecule has 0 radical (unpaired) electrons. The molecule has 0 fully saturated rings. The van der Waals surface area contributed by atoms with Crippen LogP contribution < -0.4 is 5.32 Å². The van der Waals surface area contributed by atoms with Gasteiger partial charge in [0, 0.05) is 6.54 Å². The second-order valence-corrected chi connectivity index (χ2v) is 6.99. The minimum Gasteiger partial charge on any atom is -0.440 e. The van der Waals surface area contributed by atoms with Crippen LogP contribution in [0.1, 0.15) is 16.1 Å². The molecule has 2 aromatic rings. The summed E-state index contributed by atoms with van der Waals surface area (Å²) < 4.78 is 28.8. The molecule has 112 valence electrons. The molecule has 1 heterocycles. The highest BCUT2D eigenvalue weighted by Crippen LogP contribution is 2.12. The second-order valence-electron chi connectivity index (χ2n) is 4.44. The maximum atomic E-state index is 11.9. The lowest BCUT2D eigenvalue weighted by Gasteiger charge is -2.05. The Kier molecular flexibility index (Phi) is 5.03. The van der Waals surface area contributed by atoms with E-state index in [2.05, 4.69) is 5.32 Å². The van der Waals surface area contributed by atoms with Crippen LogP contribution in [0.2, 0.25) is 5.22 Å². The number of amides is 1. The lowest BCUT2D eigenvalue weighted by Crippen LogP contribution is -2.29. The first kappa shape index (κ1) is 15.6.